The summed E-state index contributed by atoms with van der Waals surface area (Å²) in [6, 6.07) is 10.7. The number of nitrogens with zero attached hydrogens (tertiary/aromatic N) is 3. The first-order valence-electron chi connectivity index (χ1n) is 8.18. The molecule has 7 nitrogen and oxygen atoms in total. The lowest BCUT2D eigenvalue weighted by molar-refractivity contribution is 0.112. The number of aldehydes is 1. The number of fused-ring (bicyclic) bond motifs is 1. The largest absolute Gasteiger partial charge is 0.495 e. The molecular formula is C20H15N3O4. The number of ether oxygens (including phenoxy) is 2. The van der Waals surface area contributed by atoms with Gasteiger partial charge >= 0.3 is 0 Å². The van der Waals surface area contributed by atoms with Crippen LogP contribution < -0.4 is 9.47 Å². The molecule has 0 bridgehead atoms. The fourth-order valence-corrected chi connectivity index (χ4v) is 2.53. The average molecular weight is 361 g/mol. The van der Waals surface area contributed by atoms with E-state index in [4.69, 9.17) is 13.9 Å². The molecule has 4 rings (SSSR count). The number of oxazole rings is 1. The lowest BCUT2D eigenvalue weighted by Gasteiger charge is -2.06. The standard InChI is InChI=1S/C20H15N3O4/c1-25-17-3-2-15(22-10-17)12-26-16-4-5-19-18(7-16)23-20(27-19)14-6-13(11-24)8-21-9-14/h2-11H,12H2,1H3. The van der Waals surface area contributed by atoms with Crippen LogP contribution in [0.25, 0.3) is 22.6 Å². The Morgan fingerprint density at radius 2 is 1.96 bits per heavy atom. The molecule has 0 atom stereocenters. The van der Waals surface area contributed by atoms with Crippen molar-refractivity contribution in [1.82, 2.24) is 15.0 Å². The molecule has 0 aliphatic carbocycles. The zero-order valence-electron chi connectivity index (χ0n) is 14.5. The summed E-state index contributed by atoms with van der Waals surface area (Å²) in [6.45, 7) is 0.325. The number of rotatable bonds is 6. The Labute approximate surface area is 154 Å². The highest BCUT2D eigenvalue weighted by atomic mass is 16.5. The van der Waals surface area contributed by atoms with Gasteiger partial charge in [-0.25, -0.2) is 4.98 Å². The van der Waals surface area contributed by atoms with E-state index in [0.717, 1.165) is 12.0 Å². The van der Waals surface area contributed by atoms with E-state index in [9.17, 15) is 4.79 Å². The van der Waals surface area contributed by atoms with E-state index in [1.54, 1.807) is 43.8 Å². The maximum Gasteiger partial charge on any atom is 0.228 e. The van der Waals surface area contributed by atoms with Gasteiger partial charge < -0.3 is 13.9 Å². The number of hydrogen-bond acceptors (Lipinski definition) is 7. The van der Waals surface area contributed by atoms with Gasteiger partial charge in [0.1, 0.15) is 23.6 Å². The van der Waals surface area contributed by atoms with Crippen LogP contribution in [0.2, 0.25) is 0 Å². The average Bonchev–Trinajstić information content (AvgIpc) is 3.16. The van der Waals surface area contributed by atoms with E-state index < -0.39 is 0 Å². The van der Waals surface area contributed by atoms with Crippen LogP contribution in [0.15, 0.2) is 59.4 Å². The molecule has 4 aromatic rings. The van der Waals surface area contributed by atoms with Crippen LogP contribution in [0.1, 0.15) is 16.1 Å². The number of carbonyl (C=O) groups is 1. The summed E-state index contributed by atoms with van der Waals surface area (Å²) in [5, 5.41) is 0. The molecule has 0 amide bonds. The zero-order chi connectivity index (χ0) is 18.6. The third-order valence-electron chi connectivity index (χ3n) is 3.92. The number of aromatic nitrogens is 3. The van der Waals surface area contributed by atoms with Crippen molar-refractivity contribution in [3.8, 4) is 23.0 Å². The molecule has 0 saturated carbocycles. The smallest absolute Gasteiger partial charge is 0.228 e. The molecule has 0 N–H and O–H groups in total. The third kappa shape index (κ3) is 3.62. The van der Waals surface area contributed by atoms with Crippen molar-refractivity contribution in [2.45, 2.75) is 6.61 Å². The van der Waals surface area contributed by atoms with E-state index in [1.165, 1.54) is 6.20 Å². The van der Waals surface area contributed by atoms with Crippen molar-refractivity contribution in [2.24, 2.45) is 0 Å². The van der Waals surface area contributed by atoms with Crippen LogP contribution in [0.3, 0.4) is 0 Å². The van der Waals surface area contributed by atoms with Crippen molar-refractivity contribution >= 4 is 17.4 Å². The van der Waals surface area contributed by atoms with Crippen molar-refractivity contribution < 1.29 is 18.7 Å². The zero-order valence-corrected chi connectivity index (χ0v) is 14.5. The second-order valence-corrected chi connectivity index (χ2v) is 5.75. The number of pyridine rings is 2. The van der Waals surface area contributed by atoms with Gasteiger partial charge in [0.15, 0.2) is 11.9 Å². The van der Waals surface area contributed by atoms with Gasteiger partial charge in [0.25, 0.3) is 0 Å². The summed E-state index contributed by atoms with van der Waals surface area (Å²) >= 11 is 0. The normalized spacial score (nSPS) is 10.7. The number of carbonyl (C=O) groups excluding carboxylic acids is 1. The highest BCUT2D eigenvalue weighted by Gasteiger charge is 2.10. The monoisotopic (exact) mass is 361 g/mol. The highest BCUT2D eigenvalue weighted by Crippen LogP contribution is 2.27. The molecule has 0 spiro atoms. The first-order valence-corrected chi connectivity index (χ1v) is 8.18. The number of methoxy groups -OCH3 is 1. The minimum atomic E-state index is 0.325. The predicted molar refractivity (Wildman–Crippen MR) is 97.7 cm³/mol. The van der Waals surface area contributed by atoms with Crippen molar-refractivity contribution in [1.29, 1.82) is 0 Å². The fourth-order valence-electron chi connectivity index (χ4n) is 2.53. The third-order valence-corrected chi connectivity index (χ3v) is 3.92. The molecular weight excluding hydrogens is 346 g/mol. The highest BCUT2D eigenvalue weighted by molar-refractivity contribution is 5.80. The lowest BCUT2D eigenvalue weighted by Crippen LogP contribution is -1.98. The van der Waals surface area contributed by atoms with Crippen LogP contribution in [0, 0.1) is 0 Å². The Hall–Kier alpha value is -3.74. The van der Waals surface area contributed by atoms with Crippen LogP contribution in [-0.2, 0) is 6.61 Å². The second kappa shape index (κ2) is 7.25. The molecule has 134 valence electrons. The first-order chi connectivity index (χ1) is 13.2. The number of benzene rings is 1. The van der Waals surface area contributed by atoms with Gasteiger partial charge in [0, 0.05) is 24.0 Å². The van der Waals surface area contributed by atoms with Crippen LogP contribution in [0.5, 0.6) is 11.5 Å². The molecule has 0 aliphatic heterocycles. The molecule has 1 aromatic carbocycles. The molecule has 27 heavy (non-hydrogen) atoms. The van der Waals surface area contributed by atoms with Gasteiger partial charge in [-0.15, -0.1) is 0 Å². The summed E-state index contributed by atoms with van der Waals surface area (Å²) in [6.07, 6.45) is 5.47. The van der Waals surface area contributed by atoms with E-state index in [1.807, 2.05) is 12.1 Å². The molecule has 3 aromatic heterocycles. The SMILES string of the molecule is COc1ccc(COc2ccc3oc(-c4cncc(C=O)c4)nc3c2)nc1. The Morgan fingerprint density at radius 1 is 1.07 bits per heavy atom. The number of hydrogen-bond donors (Lipinski definition) is 0. The van der Waals surface area contributed by atoms with Crippen molar-refractivity contribution in [2.75, 3.05) is 7.11 Å². The van der Waals surface area contributed by atoms with E-state index in [0.29, 0.717) is 46.2 Å². The molecule has 7 heteroatoms. The van der Waals surface area contributed by atoms with E-state index >= 15 is 0 Å². The maximum atomic E-state index is 10.9. The molecule has 0 saturated heterocycles. The Balaban J connectivity index is 1.54. The summed E-state index contributed by atoms with van der Waals surface area (Å²) < 4.78 is 16.6. The summed E-state index contributed by atoms with van der Waals surface area (Å²) in [4.78, 5) is 23.7. The predicted octanol–water partition coefficient (Wildman–Crippen LogP) is 3.68. The van der Waals surface area contributed by atoms with Gasteiger partial charge in [-0.1, -0.05) is 0 Å². The molecule has 0 radical (unpaired) electrons. The summed E-state index contributed by atoms with van der Waals surface area (Å²) in [7, 11) is 1.60. The van der Waals surface area contributed by atoms with Gasteiger partial charge in [0.05, 0.1) is 24.6 Å². The molecule has 0 fully saturated rings. The molecule has 3 heterocycles. The summed E-state index contributed by atoms with van der Waals surface area (Å²) in [5.74, 6) is 1.75. The topological polar surface area (TPSA) is 87.3 Å². The van der Waals surface area contributed by atoms with E-state index in [2.05, 4.69) is 15.0 Å². The van der Waals surface area contributed by atoms with Gasteiger partial charge in [-0.2, -0.15) is 0 Å². The fraction of sp³-hybridized carbons (Fsp3) is 0.100. The maximum absolute atomic E-state index is 10.9. The van der Waals surface area contributed by atoms with Crippen LogP contribution >= 0.6 is 0 Å². The Kier molecular flexibility index (Phi) is 4.49. The Bertz CT molecular complexity index is 1090. The second-order valence-electron chi connectivity index (χ2n) is 5.75. The van der Waals surface area contributed by atoms with Crippen LogP contribution in [-0.4, -0.2) is 28.3 Å². The van der Waals surface area contributed by atoms with Gasteiger partial charge in [-0.05, 0) is 30.3 Å². The minimum absolute atomic E-state index is 0.325. The minimum Gasteiger partial charge on any atom is -0.495 e. The van der Waals surface area contributed by atoms with E-state index in [-0.39, 0.29) is 0 Å². The lowest BCUT2D eigenvalue weighted by atomic mass is 10.2. The van der Waals surface area contributed by atoms with Crippen molar-refractivity contribution in [3.05, 3.63) is 66.2 Å². The van der Waals surface area contributed by atoms with Gasteiger partial charge in [-0.3, -0.25) is 14.8 Å². The van der Waals surface area contributed by atoms with Crippen molar-refractivity contribution in [3.63, 3.8) is 0 Å². The Morgan fingerprint density at radius 3 is 2.74 bits per heavy atom. The quantitative estimate of drug-likeness (QED) is 0.484. The molecule has 0 aliphatic rings. The molecule has 0 unspecified atom stereocenters. The summed E-state index contributed by atoms with van der Waals surface area (Å²) in [5.41, 5.74) is 3.16. The van der Waals surface area contributed by atoms with Crippen LogP contribution in [0.4, 0.5) is 0 Å². The first kappa shape index (κ1) is 16.7. The van der Waals surface area contributed by atoms with Gasteiger partial charge in [0.2, 0.25) is 5.89 Å².